The van der Waals surface area contributed by atoms with Gasteiger partial charge in [0.1, 0.15) is 11.5 Å². The normalized spacial score (nSPS) is 12.0. The van der Waals surface area contributed by atoms with Crippen molar-refractivity contribution in [1.29, 1.82) is 0 Å². The molecule has 142 valence electrons. The van der Waals surface area contributed by atoms with Gasteiger partial charge in [-0.15, -0.1) is 0 Å². The number of carbonyl (C=O) groups is 1. The van der Waals surface area contributed by atoms with Crippen LogP contribution < -0.4 is 10.1 Å². The van der Waals surface area contributed by atoms with Gasteiger partial charge in [-0.1, -0.05) is 30.3 Å². The first-order valence-electron chi connectivity index (χ1n) is 9.23. The van der Waals surface area contributed by atoms with Gasteiger partial charge in [0, 0.05) is 29.4 Å². The van der Waals surface area contributed by atoms with Gasteiger partial charge in [0.05, 0.1) is 19.9 Å². The molecule has 5 heteroatoms. The number of aromatic amines is 1. The molecule has 1 atom stereocenters. The zero-order chi connectivity index (χ0) is 19.3. The van der Waals surface area contributed by atoms with Crippen LogP contribution in [0.25, 0.3) is 10.9 Å². The van der Waals surface area contributed by atoms with E-state index in [-0.39, 0.29) is 11.8 Å². The SMILES string of the molecule is COc1cccc(C(CC(=O)NCc2ccco2)c2c[nH]c3ccccc23)c1. The topological polar surface area (TPSA) is 67.3 Å². The molecule has 0 radical (unpaired) electrons. The van der Waals surface area contributed by atoms with E-state index in [4.69, 9.17) is 9.15 Å². The predicted octanol–water partition coefficient (Wildman–Crippen LogP) is 4.61. The fourth-order valence-electron chi connectivity index (χ4n) is 3.50. The first kappa shape index (κ1) is 17.9. The lowest BCUT2D eigenvalue weighted by atomic mass is 9.88. The standard InChI is InChI=1S/C23H22N2O3/c1-27-17-7-4-6-16(12-17)20(13-23(26)25-14-18-8-5-11-28-18)21-15-24-22-10-3-2-9-19(21)22/h2-12,15,20,24H,13-14H2,1H3,(H,25,26). The van der Waals surface area contributed by atoms with E-state index in [0.29, 0.717) is 13.0 Å². The average molecular weight is 374 g/mol. The third-order valence-corrected chi connectivity index (χ3v) is 4.92. The Morgan fingerprint density at radius 2 is 2.04 bits per heavy atom. The molecule has 1 unspecified atom stereocenters. The molecule has 0 aliphatic rings. The van der Waals surface area contributed by atoms with E-state index in [2.05, 4.69) is 16.4 Å². The van der Waals surface area contributed by atoms with Crippen LogP contribution in [0.3, 0.4) is 0 Å². The quantitative estimate of drug-likeness (QED) is 0.496. The van der Waals surface area contributed by atoms with Gasteiger partial charge >= 0.3 is 0 Å². The molecule has 0 saturated carbocycles. The number of H-pyrrole nitrogens is 1. The van der Waals surface area contributed by atoms with E-state index < -0.39 is 0 Å². The molecule has 2 aromatic heterocycles. The van der Waals surface area contributed by atoms with E-state index in [1.807, 2.05) is 60.8 Å². The summed E-state index contributed by atoms with van der Waals surface area (Å²) in [6.45, 7) is 0.380. The molecule has 5 nitrogen and oxygen atoms in total. The third kappa shape index (κ3) is 3.78. The van der Waals surface area contributed by atoms with Crippen molar-refractivity contribution >= 4 is 16.8 Å². The van der Waals surface area contributed by atoms with Crippen LogP contribution in [0.1, 0.15) is 29.2 Å². The van der Waals surface area contributed by atoms with Crippen molar-refractivity contribution in [3.63, 3.8) is 0 Å². The Bertz CT molecular complexity index is 1070. The number of carbonyl (C=O) groups excluding carboxylic acids is 1. The maximum absolute atomic E-state index is 12.7. The van der Waals surface area contributed by atoms with Crippen LogP contribution in [-0.2, 0) is 11.3 Å². The second-order valence-corrected chi connectivity index (χ2v) is 6.68. The lowest BCUT2D eigenvalue weighted by Gasteiger charge is -2.18. The molecule has 0 saturated heterocycles. The van der Waals surface area contributed by atoms with Crippen molar-refractivity contribution in [1.82, 2.24) is 10.3 Å². The summed E-state index contributed by atoms with van der Waals surface area (Å²) < 4.78 is 10.7. The summed E-state index contributed by atoms with van der Waals surface area (Å²) in [5.74, 6) is 1.38. The highest BCUT2D eigenvalue weighted by Crippen LogP contribution is 2.34. The number of hydrogen-bond acceptors (Lipinski definition) is 3. The van der Waals surface area contributed by atoms with Crippen LogP contribution in [0.15, 0.2) is 77.5 Å². The first-order chi connectivity index (χ1) is 13.7. The van der Waals surface area contributed by atoms with Crippen LogP contribution >= 0.6 is 0 Å². The fraction of sp³-hybridized carbons (Fsp3) is 0.174. The summed E-state index contributed by atoms with van der Waals surface area (Å²) >= 11 is 0. The summed E-state index contributed by atoms with van der Waals surface area (Å²) in [7, 11) is 1.65. The minimum atomic E-state index is -0.0946. The zero-order valence-corrected chi connectivity index (χ0v) is 15.6. The molecule has 1 amide bonds. The highest BCUT2D eigenvalue weighted by Gasteiger charge is 2.22. The Balaban J connectivity index is 1.64. The molecule has 28 heavy (non-hydrogen) atoms. The molecule has 0 aliphatic heterocycles. The number of amides is 1. The average Bonchev–Trinajstić information content (AvgIpc) is 3.40. The summed E-state index contributed by atoms with van der Waals surface area (Å²) in [4.78, 5) is 16.0. The molecule has 2 heterocycles. The Hall–Kier alpha value is -3.47. The van der Waals surface area contributed by atoms with E-state index in [0.717, 1.165) is 33.5 Å². The van der Waals surface area contributed by atoms with Gasteiger partial charge < -0.3 is 19.5 Å². The Morgan fingerprint density at radius 1 is 1.14 bits per heavy atom. The van der Waals surface area contributed by atoms with E-state index >= 15 is 0 Å². The van der Waals surface area contributed by atoms with Crippen LogP contribution in [-0.4, -0.2) is 18.0 Å². The van der Waals surface area contributed by atoms with Gasteiger partial charge in [-0.2, -0.15) is 0 Å². The molecular weight excluding hydrogens is 352 g/mol. The number of aromatic nitrogens is 1. The van der Waals surface area contributed by atoms with Crippen LogP contribution in [0.2, 0.25) is 0 Å². The first-order valence-corrected chi connectivity index (χ1v) is 9.23. The van der Waals surface area contributed by atoms with Gasteiger partial charge in [-0.25, -0.2) is 0 Å². The van der Waals surface area contributed by atoms with Gasteiger partial charge in [0.15, 0.2) is 0 Å². The van der Waals surface area contributed by atoms with Crippen molar-refractivity contribution in [2.75, 3.05) is 7.11 Å². The molecule has 4 aromatic rings. The monoisotopic (exact) mass is 374 g/mol. The second-order valence-electron chi connectivity index (χ2n) is 6.68. The van der Waals surface area contributed by atoms with Crippen LogP contribution in [0.4, 0.5) is 0 Å². The van der Waals surface area contributed by atoms with E-state index in [9.17, 15) is 4.79 Å². The number of ether oxygens (including phenoxy) is 1. The summed E-state index contributed by atoms with van der Waals surface area (Å²) in [5, 5.41) is 4.07. The maximum Gasteiger partial charge on any atom is 0.221 e. The Kier molecular flexibility index (Phi) is 5.15. The van der Waals surface area contributed by atoms with Crippen LogP contribution in [0.5, 0.6) is 5.75 Å². The van der Waals surface area contributed by atoms with Crippen molar-refractivity contribution in [2.45, 2.75) is 18.9 Å². The van der Waals surface area contributed by atoms with Gasteiger partial charge in [-0.3, -0.25) is 4.79 Å². The lowest BCUT2D eigenvalue weighted by molar-refractivity contribution is -0.121. The highest BCUT2D eigenvalue weighted by atomic mass is 16.5. The Labute approximate surface area is 163 Å². The molecule has 4 rings (SSSR count). The largest absolute Gasteiger partial charge is 0.497 e. The number of fused-ring (bicyclic) bond motifs is 1. The smallest absolute Gasteiger partial charge is 0.221 e. The predicted molar refractivity (Wildman–Crippen MR) is 108 cm³/mol. The molecule has 0 spiro atoms. The molecular formula is C23H22N2O3. The number of benzene rings is 2. The van der Waals surface area contributed by atoms with E-state index in [1.165, 1.54) is 0 Å². The number of furan rings is 1. The zero-order valence-electron chi connectivity index (χ0n) is 15.6. The molecule has 0 fully saturated rings. The molecule has 2 N–H and O–H groups in total. The summed E-state index contributed by atoms with van der Waals surface area (Å²) in [5.41, 5.74) is 3.19. The van der Waals surface area contributed by atoms with Gasteiger partial charge in [0.2, 0.25) is 5.91 Å². The molecule has 0 bridgehead atoms. The second kappa shape index (κ2) is 8.05. The van der Waals surface area contributed by atoms with Crippen LogP contribution in [0, 0.1) is 0 Å². The highest BCUT2D eigenvalue weighted by molar-refractivity contribution is 5.86. The maximum atomic E-state index is 12.7. The van der Waals surface area contributed by atoms with Crippen molar-refractivity contribution in [3.8, 4) is 5.75 Å². The summed E-state index contributed by atoms with van der Waals surface area (Å²) in [6, 6.07) is 19.7. The van der Waals surface area contributed by atoms with Gasteiger partial charge in [0.25, 0.3) is 0 Å². The number of nitrogens with one attached hydrogen (secondary N) is 2. The number of para-hydroxylation sites is 1. The van der Waals surface area contributed by atoms with Crippen molar-refractivity contribution in [3.05, 3.63) is 90.0 Å². The van der Waals surface area contributed by atoms with Gasteiger partial charge in [-0.05, 0) is 41.5 Å². The van der Waals surface area contributed by atoms with Crippen molar-refractivity contribution in [2.24, 2.45) is 0 Å². The number of hydrogen-bond donors (Lipinski definition) is 2. The minimum Gasteiger partial charge on any atom is -0.497 e. The van der Waals surface area contributed by atoms with Crippen molar-refractivity contribution < 1.29 is 13.9 Å². The fourth-order valence-corrected chi connectivity index (χ4v) is 3.50. The lowest BCUT2D eigenvalue weighted by Crippen LogP contribution is -2.24. The van der Waals surface area contributed by atoms with E-state index in [1.54, 1.807) is 13.4 Å². The third-order valence-electron chi connectivity index (χ3n) is 4.92. The molecule has 0 aliphatic carbocycles. The summed E-state index contributed by atoms with van der Waals surface area (Å²) in [6.07, 6.45) is 3.93. The minimum absolute atomic E-state index is 0.0329. The Morgan fingerprint density at radius 3 is 2.86 bits per heavy atom. The number of methoxy groups -OCH3 is 1. The molecule has 2 aromatic carbocycles. The number of rotatable bonds is 7.